The van der Waals surface area contributed by atoms with Crippen LogP contribution in [-0.4, -0.2) is 32.2 Å². The molecule has 0 N–H and O–H groups in total. The number of rotatable bonds is 3. The number of pyridine rings is 2. The van der Waals surface area contributed by atoms with Gasteiger partial charge in [0.1, 0.15) is 11.6 Å². The summed E-state index contributed by atoms with van der Waals surface area (Å²) in [5.74, 6) is 1.73. The Labute approximate surface area is 186 Å². The van der Waals surface area contributed by atoms with E-state index >= 15 is 0 Å². The molecule has 6 rings (SSSR count). The molecule has 0 atom stereocenters. The average Bonchev–Trinajstić information content (AvgIpc) is 3.15. The first-order valence-electron chi connectivity index (χ1n) is 10.9. The number of halogens is 1. The lowest BCUT2D eigenvalue weighted by Gasteiger charge is -2.42. The third-order valence-electron chi connectivity index (χ3n) is 6.83. The third kappa shape index (κ3) is 3.04. The van der Waals surface area contributed by atoms with E-state index in [-0.39, 0.29) is 5.41 Å². The number of nitrogens with zero attached hydrogens (tertiary/aromatic N) is 6. The van der Waals surface area contributed by atoms with Crippen molar-refractivity contribution < 1.29 is 0 Å². The molecule has 2 aliphatic heterocycles. The van der Waals surface area contributed by atoms with Crippen LogP contribution in [0.25, 0.3) is 0 Å². The quantitative estimate of drug-likeness (QED) is 0.580. The number of anilines is 2. The van der Waals surface area contributed by atoms with E-state index in [0.717, 1.165) is 78.7 Å². The van der Waals surface area contributed by atoms with E-state index in [1.807, 2.05) is 25.3 Å². The van der Waals surface area contributed by atoms with Gasteiger partial charge in [0, 0.05) is 31.1 Å². The van der Waals surface area contributed by atoms with Crippen molar-refractivity contribution in [2.24, 2.45) is 4.99 Å². The summed E-state index contributed by atoms with van der Waals surface area (Å²) in [4.78, 5) is 25.8. The van der Waals surface area contributed by atoms with E-state index in [2.05, 4.69) is 32.0 Å². The zero-order valence-corrected chi connectivity index (χ0v) is 18.2. The summed E-state index contributed by atoms with van der Waals surface area (Å²) in [7, 11) is 0. The molecule has 5 heterocycles. The minimum atomic E-state index is -0.0734. The Kier molecular flexibility index (Phi) is 4.32. The summed E-state index contributed by atoms with van der Waals surface area (Å²) in [6.45, 7) is 2.88. The van der Waals surface area contributed by atoms with Crippen LogP contribution >= 0.6 is 11.6 Å². The van der Waals surface area contributed by atoms with Crippen LogP contribution in [0.5, 0.6) is 0 Å². The van der Waals surface area contributed by atoms with Gasteiger partial charge >= 0.3 is 0 Å². The van der Waals surface area contributed by atoms with Gasteiger partial charge in [-0.3, -0.25) is 15.0 Å². The molecule has 156 valence electrons. The highest BCUT2D eigenvalue weighted by atomic mass is 35.5. The van der Waals surface area contributed by atoms with Crippen molar-refractivity contribution in [2.45, 2.75) is 50.9 Å². The summed E-state index contributed by atoms with van der Waals surface area (Å²) in [6.07, 6.45) is 9.77. The van der Waals surface area contributed by atoms with Crippen molar-refractivity contribution in [1.29, 1.82) is 0 Å². The molecule has 3 aromatic rings. The van der Waals surface area contributed by atoms with Crippen molar-refractivity contribution in [3.63, 3.8) is 0 Å². The lowest BCUT2D eigenvalue weighted by atomic mass is 9.62. The molecule has 1 fully saturated rings. The molecule has 3 aromatic heterocycles. The zero-order chi connectivity index (χ0) is 21.0. The van der Waals surface area contributed by atoms with Gasteiger partial charge in [0.15, 0.2) is 0 Å². The lowest BCUT2D eigenvalue weighted by Crippen LogP contribution is -2.43. The Morgan fingerprint density at radius 1 is 1.03 bits per heavy atom. The van der Waals surface area contributed by atoms with E-state index in [1.165, 1.54) is 12.1 Å². The van der Waals surface area contributed by atoms with Gasteiger partial charge in [0.25, 0.3) is 0 Å². The number of fused-ring (bicyclic) bond motifs is 2. The number of aryl methyl sites for hydroxylation is 2. The SMILES string of the molecule is Cc1nccc(N2CCCc3nc(C4(C5=Nc6cc(Cl)cnc6C5)CCC4)ccc32)n1. The number of aromatic nitrogens is 4. The Morgan fingerprint density at radius 3 is 2.74 bits per heavy atom. The lowest BCUT2D eigenvalue weighted by molar-refractivity contribution is 0.329. The fourth-order valence-corrected chi connectivity index (χ4v) is 5.23. The Hall–Kier alpha value is -2.86. The molecule has 1 saturated carbocycles. The second-order valence-electron chi connectivity index (χ2n) is 8.67. The van der Waals surface area contributed by atoms with E-state index in [1.54, 1.807) is 6.20 Å². The van der Waals surface area contributed by atoms with Gasteiger partial charge < -0.3 is 4.90 Å². The van der Waals surface area contributed by atoms with Crippen LogP contribution in [0.3, 0.4) is 0 Å². The molecule has 7 heteroatoms. The molecule has 0 spiro atoms. The van der Waals surface area contributed by atoms with Crippen molar-refractivity contribution in [2.75, 3.05) is 11.4 Å². The first-order chi connectivity index (χ1) is 15.1. The van der Waals surface area contributed by atoms with Gasteiger partial charge in [-0.1, -0.05) is 18.0 Å². The van der Waals surface area contributed by atoms with E-state index in [9.17, 15) is 0 Å². The van der Waals surface area contributed by atoms with Crippen molar-refractivity contribution in [1.82, 2.24) is 19.9 Å². The zero-order valence-electron chi connectivity index (χ0n) is 17.5. The normalized spacial score (nSPS) is 18.8. The molecule has 31 heavy (non-hydrogen) atoms. The second kappa shape index (κ2) is 7.09. The smallest absolute Gasteiger partial charge is 0.136 e. The fraction of sp³-hybridized carbons (Fsp3) is 0.375. The summed E-state index contributed by atoms with van der Waals surface area (Å²) in [6, 6.07) is 8.33. The average molecular weight is 431 g/mol. The molecule has 0 saturated heterocycles. The van der Waals surface area contributed by atoms with Crippen molar-refractivity contribution in [3.8, 4) is 0 Å². The first-order valence-corrected chi connectivity index (χ1v) is 11.3. The topological polar surface area (TPSA) is 67.2 Å². The van der Waals surface area contributed by atoms with Crippen LogP contribution in [0.4, 0.5) is 17.2 Å². The number of hydrogen-bond acceptors (Lipinski definition) is 6. The highest BCUT2D eigenvalue weighted by Gasteiger charge is 2.46. The number of aliphatic imine (C=N–C) groups is 1. The Balaban J connectivity index is 1.37. The van der Waals surface area contributed by atoms with Crippen LogP contribution in [0.2, 0.25) is 5.02 Å². The molecule has 0 radical (unpaired) electrons. The van der Waals surface area contributed by atoms with Crippen molar-refractivity contribution >= 4 is 34.5 Å². The van der Waals surface area contributed by atoms with Gasteiger partial charge in [0.2, 0.25) is 0 Å². The van der Waals surface area contributed by atoms with Gasteiger partial charge in [-0.15, -0.1) is 0 Å². The first kappa shape index (κ1) is 18.9. The predicted molar refractivity (Wildman–Crippen MR) is 122 cm³/mol. The third-order valence-corrected chi connectivity index (χ3v) is 7.03. The molecule has 0 amide bonds. The molecule has 0 unspecified atom stereocenters. The van der Waals surface area contributed by atoms with Crippen LogP contribution < -0.4 is 4.90 Å². The van der Waals surface area contributed by atoms with Crippen LogP contribution in [0, 0.1) is 6.92 Å². The van der Waals surface area contributed by atoms with Gasteiger partial charge in [-0.05, 0) is 56.9 Å². The van der Waals surface area contributed by atoms with E-state index < -0.39 is 0 Å². The minimum absolute atomic E-state index is 0.0734. The summed E-state index contributed by atoms with van der Waals surface area (Å²) in [5.41, 5.74) is 6.52. The van der Waals surface area contributed by atoms with Crippen LogP contribution in [0.1, 0.15) is 48.6 Å². The molecule has 6 nitrogen and oxygen atoms in total. The summed E-state index contributed by atoms with van der Waals surface area (Å²) in [5, 5.41) is 0.637. The summed E-state index contributed by atoms with van der Waals surface area (Å²) >= 11 is 6.15. The molecule has 0 aromatic carbocycles. The standard InChI is InChI=1S/C24H23ClN6/c1-15-26-10-7-23(28-15)31-11-2-4-17-20(31)5-6-21(29-17)24(8-3-9-24)22-13-18-19(30-22)12-16(25)14-27-18/h5-7,10,12,14H,2-4,8-9,11,13H2,1H3. The monoisotopic (exact) mass is 430 g/mol. The van der Waals surface area contributed by atoms with Gasteiger partial charge in [-0.25, -0.2) is 9.97 Å². The maximum atomic E-state index is 6.15. The van der Waals surface area contributed by atoms with Crippen molar-refractivity contribution in [3.05, 3.63) is 64.6 Å². The van der Waals surface area contributed by atoms with E-state index in [0.29, 0.717) is 5.02 Å². The Bertz CT molecular complexity index is 1220. The summed E-state index contributed by atoms with van der Waals surface area (Å²) < 4.78 is 0. The molecular weight excluding hydrogens is 408 g/mol. The van der Waals surface area contributed by atoms with Gasteiger partial charge in [-0.2, -0.15) is 0 Å². The minimum Gasteiger partial charge on any atom is -0.325 e. The molecule has 3 aliphatic rings. The largest absolute Gasteiger partial charge is 0.325 e. The fourth-order valence-electron chi connectivity index (χ4n) is 5.08. The highest BCUT2D eigenvalue weighted by Crippen LogP contribution is 2.48. The second-order valence-corrected chi connectivity index (χ2v) is 9.11. The predicted octanol–water partition coefficient (Wildman–Crippen LogP) is 5.06. The maximum absolute atomic E-state index is 6.15. The van der Waals surface area contributed by atoms with Crippen LogP contribution in [-0.2, 0) is 18.3 Å². The maximum Gasteiger partial charge on any atom is 0.136 e. The molecule has 0 bridgehead atoms. The van der Waals surface area contributed by atoms with E-state index in [4.69, 9.17) is 21.6 Å². The Morgan fingerprint density at radius 2 is 1.94 bits per heavy atom. The number of hydrogen-bond donors (Lipinski definition) is 0. The highest BCUT2D eigenvalue weighted by molar-refractivity contribution is 6.30. The van der Waals surface area contributed by atoms with Crippen LogP contribution in [0.15, 0.2) is 41.7 Å². The van der Waals surface area contributed by atoms with Gasteiger partial charge in [0.05, 0.1) is 38.9 Å². The molecular formula is C24H23ClN6. The molecule has 1 aliphatic carbocycles.